The molecule has 0 spiro atoms. The summed E-state index contributed by atoms with van der Waals surface area (Å²) in [7, 11) is 0. The summed E-state index contributed by atoms with van der Waals surface area (Å²) >= 11 is 6.04. The Morgan fingerprint density at radius 2 is 1.83 bits per heavy atom. The van der Waals surface area contributed by atoms with Gasteiger partial charge in [0, 0.05) is 12.1 Å². The van der Waals surface area contributed by atoms with E-state index in [4.69, 9.17) is 21.1 Å². The number of nitrogens with zero attached hydrogens (tertiary/aromatic N) is 1. The fraction of sp³-hybridized carbons (Fsp3) is 0.300. The molecule has 0 fully saturated rings. The molecular weight excluding hydrogens is 400 g/mol. The highest BCUT2D eigenvalue weighted by molar-refractivity contribution is 6.34. The van der Waals surface area contributed by atoms with E-state index in [1.165, 1.54) is 12.1 Å². The molecule has 1 N–H and O–H groups in total. The van der Waals surface area contributed by atoms with E-state index in [0.29, 0.717) is 17.9 Å². The van der Waals surface area contributed by atoms with Gasteiger partial charge in [0.1, 0.15) is 5.75 Å². The minimum atomic E-state index is -0.715. The molecule has 2 aromatic rings. The van der Waals surface area contributed by atoms with Crippen molar-refractivity contribution in [1.82, 2.24) is 5.32 Å². The number of ether oxygens (including phenoxy) is 2. The second kappa shape index (κ2) is 10.4. The Hall–Kier alpha value is -3.13. The van der Waals surface area contributed by atoms with Crippen molar-refractivity contribution in [3.8, 4) is 5.75 Å². The van der Waals surface area contributed by atoms with Crippen LogP contribution < -0.4 is 10.1 Å². The van der Waals surface area contributed by atoms with Gasteiger partial charge in [0.25, 0.3) is 11.6 Å². The minimum absolute atomic E-state index is 0.0549. The summed E-state index contributed by atoms with van der Waals surface area (Å²) in [5, 5.41) is 13.8. The molecule has 0 aliphatic rings. The molecule has 2 aromatic carbocycles. The number of hydrogen-bond acceptors (Lipinski definition) is 6. The van der Waals surface area contributed by atoms with Crippen LogP contribution in [0.3, 0.4) is 0 Å². The lowest BCUT2D eigenvalue weighted by Crippen LogP contribution is -2.31. The summed E-state index contributed by atoms with van der Waals surface area (Å²) in [6, 6.07) is 9.78. The number of esters is 1. The van der Waals surface area contributed by atoms with Crippen LogP contribution in [-0.2, 0) is 9.53 Å². The number of nitro groups is 1. The number of rotatable bonds is 9. The summed E-state index contributed by atoms with van der Waals surface area (Å²) in [6.07, 6.45) is -0.111. The topological polar surface area (TPSA) is 108 Å². The van der Waals surface area contributed by atoms with Gasteiger partial charge in [0.15, 0.2) is 0 Å². The van der Waals surface area contributed by atoms with Gasteiger partial charge in [-0.05, 0) is 37.6 Å². The molecule has 0 aliphatic carbocycles. The van der Waals surface area contributed by atoms with Crippen LogP contribution in [0.25, 0.3) is 0 Å². The molecule has 0 aliphatic heterocycles. The Labute approximate surface area is 172 Å². The first-order valence-electron chi connectivity index (χ1n) is 8.98. The maximum Gasteiger partial charge on any atom is 0.308 e. The Morgan fingerprint density at radius 1 is 1.14 bits per heavy atom. The third kappa shape index (κ3) is 6.18. The van der Waals surface area contributed by atoms with E-state index in [1.807, 2.05) is 6.92 Å². The smallest absolute Gasteiger partial charge is 0.308 e. The monoisotopic (exact) mass is 420 g/mol. The molecule has 0 saturated carbocycles. The number of amides is 1. The number of hydrogen-bond donors (Lipinski definition) is 1. The largest absolute Gasteiger partial charge is 0.494 e. The zero-order valence-corrected chi connectivity index (χ0v) is 16.8. The number of non-ortho nitro benzene ring substituents is 1. The number of benzene rings is 2. The van der Waals surface area contributed by atoms with Crippen molar-refractivity contribution in [2.45, 2.75) is 26.3 Å². The van der Waals surface area contributed by atoms with Gasteiger partial charge >= 0.3 is 5.97 Å². The molecule has 1 atom stereocenters. The van der Waals surface area contributed by atoms with Gasteiger partial charge in [0.2, 0.25) is 0 Å². The molecular formula is C20H21ClN2O6. The van der Waals surface area contributed by atoms with Crippen LogP contribution in [0.4, 0.5) is 5.69 Å². The van der Waals surface area contributed by atoms with Crippen LogP contribution in [0.2, 0.25) is 5.02 Å². The predicted molar refractivity (Wildman–Crippen MR) is 107 cm³/mol. The first-order valence-corrected chi connectivity index (χ1v) is 9.36. The van der Waals surface area contributed by atoms with Crippen molar-refractivity contribution in [2.24, 2.45) is 0 Å². The lowest BCUT2D eigenvalue weighted by molar-refractivity contribution is -0.384. The summed E-state index contributed by atoms with van der Waals surface area (Å²) in [6.45, 7) is 4.26. The Morgan fingerprint density at radius 3 is 2.41 bits per heavy atom. The van der Waals surface area contributed by atoms with Crippen LogP contribution in [0, 0.1) is 10.1 Å². The van der Waals surface area contributed by atoms with Gasteiger partial charge in [-0.2, -0.15) is 0 Å². The highest BCUT2D eigenvalue weighted by atomic mass is 35.5. The highest BCUT2D eigenvalue weighted by Crippen LogP contribution is 2.25. The Balaban J connectivity index is 2.29. The molecule has 0 saturated heterocycles. The van der Waals surface area contributed by atoms with Crippen molar-refractivity contribution in [2.75, 3.05) is 13.2 Å². The number of carbonyl (C=O) groups excluding carboxylic acids is 2. The first kappa shape index (κ1) is 22.2. The Bertz CT molecular complexity index is 885. The molecule has 1 amide bonds. The molecule has 8 nitrogen and oxygen atoms in total. The van der Waals surface area contributed by atoms with Gasteiger partial charge < -0.3 is 14.8 Å². The number of carbonyl (C=O) groups is 2. The quantitative estimate of drug-likeness (QED) is 0.372. The van der Waals surface area contributed by atoms with Crippen LogP contribution in [0.5, 0.6) is 5.75 Å². The molecule has 2 rings (SSSR count). The van der Waals surface area contributed by atoms with Gasteiger partial charge in [-0.15, -0.1) is 0 Å². The summed E-state index contributed by atoms with van der Waals surface area (Å²) in [5.74, 6) is -0.474. The fourth-order valence-corrected chi connectivity index (χ4v) is 2.84. The van der Waals surface area contributed by atoms with E-state index in [9.17, 15) is 19.7 Å². The number of halogens is 1. The molecule has 29 heavy (non-hydrogen) atoms. The van der Waals surface area contributed by atoms with Crippen molar-refractivity contribution in [1.29, 1.82) is 0 Å². The summed E-state index contributed by atoms with van der Waals surface area (Å²) in [4.78, 5) is 35.1. The Kier molecular flexibility index (Phi) is 7.97. The summed E-state index contributed by atoms with van der Waals surface area (Å²) < 4.78 is 10.4. The highest BCUT2D eigenvalue weighted by Gasteiger charge is 2.23. The van der Waals surface area contributed by atoms with Gasteiger partial charge in [0.05, 0.1) is 41.2 Å². The third-order valence-electron chi connectivity index (χ3n) is 3.98. The lowest BCUT2D eigenvalue weighted by Gasteiger charge is -2.19. The fourth-order valence-electron chi connectivity index (χ4n) is 2.64. The lowest BCUT2D eigenvalue weighted by atomic mass is 10.0. The zero-order chi connectivity index (χ0) is 21.4. The van der Waals surface area contributed by atoms with E-state index in [-0.39, 0.29) is 29.3 Å². The van der Waals surface area contributed by atoms with Gasteiger partial charge in [-0.3, -0.25) is 19.7 Å². The first-order chi connectivity index (χ1) is 13.8. The van der Waals surface area contributed by atoms with Crippen LogP contribution in [0.15, 0.2) is 42.5 Å². The molecule has 1 unspecified atom stereocenters. The second-order valence-corrected chi connectivity index (χ2v) is 6.37. The third-order valence-corrected chi connectivity index (χ3v) is 4.31. The second-order valence-electron chi connectivity index (χ2n) is 5.96. The van der Waals surface area contributed by atoms with Gasteiger partial charge in [-0.25, -0.2) is 0 Å². The van der Waals surface area contributed by atoms with Crippen molar-refractivity contribution >= 4 is 29.2 Å². The van der Waals surface area contributed by atoms with Crippen molar-refractivity contribution in [3.05, 3.63) is 68.7 Å². The average molecular weight is 421 g/mol. The van der Waals surface area contributed by atoms with E-state index < -0.39 is 22.8 Å². The van der Waals surface area contributed by atoms with Crippen LogP contribution >= 0.6 is 11.6 Å². The molecule has 0 bridgehead atoms. The summed E-state index contributed by atoms with van der Waals surface area (Å²) in [5.41, 5.74) is 0.333. The van der Waals surface area contributed by atoms with E-state index in [1.54, 1.807) is 31.2 Å². The predicted octanol–water partition coefficient (Wildman–Crippen LogP) is 4.07. The molecule has 0 heterocycles. The van der Waals surface area contributed by atoms with Crippen molar-refractivity contribution in [3.63, 3.8) is 0 Å². The average Bonchev–Trinajstić information content (AvgIpc) is 2.68. The van der Waals surface area contributed by atoms with Gasteiger partial charge in [-0.1, -0.05) is 23.7 Å². The normalized spacial score (nSPS) is 11.4. The molecule has 0 radical (unpaired) electrons. The molecule has 0 aromatic heterocycles. The minimum Gasteiger partial charge on any atom is -0.494 e. The molecule has 154 valence electrons. The standard InChI is InChI=1S/C20H21ClN2O6/c1-3-28-15-8-5-13(6-9-15)18(12-19(24)29-4-2)22-20(25)16-11-14(23(26)27)7-10-17(16)21/h5-11,18H,3-4,12H2,1-2H3,(H,22,25). The maximum absolute atomic E-state index is 12.7. The number of nitro benzene ring substituents is 1. The zero-order valence-electron chi connectivity index (χ0n) is 16.0. The van der Waals surface area contributed by atoms with Crippen molar-refractivity contribution < 1.29 is 24.0 Å². The maximum atomic E-state index is 12.7. The molecule has 9 heteroatoms. The van der Waals surface area contributed by atoms with E-state index >= 15 is 0 Å². The van der Waals surface area contributed by atoms with Crippen LogP contribution in [-0.4, -0.2) is 30.0 Å². The van der Waals surface area contributed by atoms with E-state index in [0.717, 1.165) is 6.07 Å². The number of nitrogens with one attached hydrogen (secondary N) is 1. The van der Waals surface area contributed by atoms with E-state index in [2.05, 4.69) is 5.32 Å². The SMILES string of the molecule is CCOC(=O)CC(NC(=O)c1cc([N+](=O)[O-])ccc1Cl)c1ccc(OCC)cc1. The van der Waals surface area contributed by atoms with Crippen LogP contribution in [0.1, 0.15) is 42.2 Å².